The van der Waals surface area contributed by atoms with Crippen molar-refractivity contribution in [3.63, 3.8) is 0 Å². The number of benzene rings is 2. The number of pyridine rings is 1. The number of carbonyl (C=O) groups is 1. The summed E-state index contributed by atoms with van der Waals surface area (Å²) in [5, 5.41) is 4.05. The molecule has 3 heterocycles. The highest BCUT2D eigenvalue weighted by atomic mass is 35.5. The van der Waals surface area contributed by atoms with Crippen molar-refractivity contribution in [2.45, 2.75) is 13.0 Å². The van der Waals surface area contributed by atoms with E-state index >= 15 is 0 Å². The summed E-state index contributed by atoms with van der Waals surface area (Å²) in [6, 6.07) is 23.7. The van der Waals surface area contributed by atoms with E-state index in [0.717, 1.165) is 48.6 Å². The van der Waals surface area contributed by atoms with Crippen LogP contribution in [0.25, 0.3) is 11.3 Å². The summed E-state index contributed by atoms with van der Waals surface area (Å²) in [7, 11) is 1.77. The maximum Gasteiger partial charge on any atom is 0.289 e. The second-order valence-corrected chi connectivity index (χ2v) is 9.47. The van der Waals surface area contributed by atoms with Crippen molar-refractivity contribution in [2.24, 2.45) is 0 Å². The number of nitrogens with zero attached hydrogens (tertiary/aromatic N) is 3. The lowest BCUT2D eigenvalue weighted by molar-refractivity contribution is 0.0751. The van der Waals surface area contributed by atoms with Crippen molar-refractivity contribution in [2.75, 3.05) is 38.1 Å². The average Bonchev–Trinajstić information content (AvgIpc) is 3.33. The molecule has 0 saturated carbocycles. The molecule has 1 amide bonds. The molecule has 0 radical (unpaired) electrons. The predicted octanol–water partition coefficient (Wildman–Crippen LogP) is 5.27. The largest absolute Gasteiger partial charge is 0.451 e. The standard InChI is InChI=1S/C29H29ClN4O2/c1-33(20-25-6-2-3-12-32-25)29(35)28-23(19-27(36-28)22-8-10-24(30)11-9-22)17-21-5-4-7-26(18-21)34-15-13-31-14-16-34/h2-12,18-19,31H,13-17,20H2,1H3. The predicted molar refractivity (Wildman–Crippen MR) is 144 cm³/mol. The van der Waals surface area contributed by atoms with Crippen LogP contribution in [-0.4, -0.2) is 49.0 Å². The van der Waals surface area contributed by atoms with Gasteiger partial charge in [0.15, 0.2) is 5.76 Å². The van der Waals surface area contributed by atoms with Gasteiger partial charge in [-0.3, -0.25) is 9.78 Å². The second kappa shape index (κ2) is 11.0. The smallest absolute Gasteiger partial charge is 0.289 e. The fraction of sp³-hybridized carbons (Fsp3) is 0.241. The average molecular weight is 501 g/mol. The Balaban J connectivity index is 1.45. The van der Waals surface area contributed by atoms with Crippen LogP contribution in [-0.2, 0) is 13.0 Å². The minimum atomic E-state index is -0.172. The van der Waals surface area contributed by atoms with Crippen LogP contribution in [0.1, 0.15) is 27.4 Å². The molecule has 2 aromatic heterocycles. The molecule has 0 aliphatic carbocycles. The Bertz CT molecular complexity index is 1310. The van der Waals surface area contributed by atoms with Gasteiger partial charge in [-0.25, -0.2) is 0 Å². The fourth-order valence-electron chi connectivity index (χ4n) is 4.48. The molecule has 5 rings (SSSR count). The molecule has 0 spiro atoms. The summed E-state index contributed by atoms with van der Waals surface area (Å²) in [4.78, 5) is 21.9. The van der Waals surface area contributed by atoms with Gasteiger partial charge in [0.05, 0.1) is 12.2 Å². The monoisotopic (exact) mass is 500 g/mol. The summed E-state index contributed by atoms with van der Waals surface area (Å²) in [5.74, 6) is 0.828. The van der Waals surface area contributed by atoms with E-state index in [-0.39, 0.29) is 5.91 Å². The number of anilines is 1. The molecular formula is C29H29ClN4O2. The number of furan rings is 1. The molecule has 184 valence electrons. The van der Waals surface area contributed by atoms with Crippen LogP contribution in [0.5, 0.6) is 0 Å². The first-order valence-corrected chi connectivity index (χ1v) is 12.5. The highest BCUT2D eigenvalue weighted by Crippen LogP contribution is 2.30. The number of nitrogens with one attached hydrogen (secondary N) is 1. The Hall–Kier alpha value is -3.61. The summed E-state index contributed by atoms with van der Waals surface area (Å²) in [6.07, 6.45) is 2.32. The van der Waals surface area contributed by atoms with E-state index in [9.17, 15) is 4.79 Å². The summed E-state index contributed by atoms with van der Waals surface area (Å²) in [5.41, 5.74) is 4.89. The zero-order valence-corrected chi connectivity index (χ0v) is 21.0. The summed E-state index contributed by atoms with van der Waals surface area (Å²) < 4.78 is 6.21. The normalized spacial score (nSPS) is 13.6. The van der Waals surface area contributed by atoms with Crippen LogP contribution in [0, 0.1) is 0 Å². The van der Waals surface area contributed by atoms with Gasteiger partial charge in [-0.15, -0.1) is 0 Å². The van der Waals surface area contributed by atoms with E-state index in [0.29, 0.717) is 29.5 Å². The Morgan fingerprint density at radius 3 is 2.61 bits per heavy atom. The Labute approximate surface area is 216 Å². The van der Waals surface area contributed by atoms with Crippen LogP contribution >= 0.6 is 11.6 Å². The number of halogens is 1. The molecule has 0 bridgehead atoms. The Morgan fingerprint density at radius 1 is 1.06 bits per heavy atom. The van der Waals surface area contributed by atoms with Gasteiger partial charge in [-0.05, 0) is 60.2 Å². The van der Waals surface area contributed by atoms with Crippen molar-refractivity contribution >= 4 is 23.2 Å². The van der Waals surface area contributed by atoms with Gasteiger partial charge in [0.1, 0.15) is 5.76 Å². The van der Waals surface area contributed by atoms with E-state index < -0.39 is 0 Å². The lowest BCUT2D eigenvalue weighted by Crippen LogP contribution is -2.43. The highest BCUT2D eigenvalue weighted by Gasteiger charge is 2.23. The number of piperazine rings is 1. The van der Waals surface area contributed by atoms with Gasteiger partial charge in [-0.1, -0.05) is 29.8 Å². The number of aromatic nitrogens is 1. The van der Waals surface area contributed by atoms with E-state index in [1.165, 1.54) is 5.69 Å². The van der Waals surface area contributed by atoms with Gasteiger partial charge >= 0.3 is 0 Å². The van der Waals surface area contributed by atoms with Gasteiger partial charge in [0, 0.05) is 67.7 Å². The molecule has 1 fully saturated rings. The summed E-state index contributed by atoms with van der Waals surface area (Å²) in [6.45, 7) is 4.33. The molecule has 4 aromatic rings. The maximum absolute atomic E-state index is 13.5. The summed E-state index contributed by atoms with van der Waals surface area (Å²) >= 11 is 6.09. The number of rotatable bonds is 7. The van der Waals surface area contributed by atoms with Crippen LogP contribution in [0.4, 0.5) is 5.69 Å². The fourth-order valence-corrected chi connectivity index (χ4v) is 4.61. The van der Waals surface area contributed by atoms with Gasteiger partial charge in [-0.2, -0.15) is 0 Å². The molecule has 2 aromatic carbocycles. The van der Waals surface area contributed by atoms with Gasteiger partial charge in [0.25, 0.3) is 5.91 Å². The second-order valence-electron chi connectivity index (χ2n) is 9.04. The molecule has 36 heavy (non-hydrogen) atoms. The molecule has 7 heteroatoms. The molecule has 1 aliphatic heterocycles. The molecule has 6 nitrogen and oxygen atoms in total. The van der Waals surface area contributed by atoms with Crippen LogP contribution in [0.15, 0.2) is 83.4 Å². The first kappa shape index (κ1) is 24.1. The quantitative estimate of drug-likeness (QED) is 0.374. The molecule has 0 atom stereocenters. The lowest BCUT2D eigenvalue weighted by atomic mass is 10.0. The van der Waals surface area contributed by atoms with E-state index in [1.54, 1.807) is 18.1 Å². The molecule has 0 unspecified atom stereocenters. The third-order valence-electron chi connectivity index (χ3n) is 6.39. The van der Waals surface area contributed by atoms with E-state index in [4.69, 9.17) is 16.0 Å². The van der Waals surface area contributed by atoms with E-state index in [2.05, 4.69) is 39.5 Å². The molecule has 1 aliphatic rings. The maximum atomic E-state index is 13.5. The topological polar surface area (TPSA) is 61.6 Å². The SMILES string of the molecule is CN(Cc1ccccn1)C(=O)c1oc(-c2ccc(Cl)cc2)cc1Cc1cccc(N2CCNCC2)c1. The van der Waals surface area contributed by atoms with Gasteiger partial charge in [0.2, 0.25) is 0 Å². The third kappa shape index (κ3) is 5.61. The van der Waals surface area contributed by atoms with Crippen LogP contribution < -0.4 is 10.2 Å². The minimum absolute atomic E-state index is 0.172. The lowest BCUT2D eigenvalue weighted by Gasteiger charge is -2.29. The highest BCUT2D eigenvalue weighted by molar-refractivity contribution is 6.30. The molecular weight excluding hydrogens is 472 g/mol. The zero-order valence-electron chi connectivity index (χ0n) is 20.3. The molecule has 1 N–H and O–H groups in total. The van der Waals surface area contributed by atoms with Crippen molar-refractivity contribution < 1.29 is 9.21 Å². The number of hydrogen-bond donors (Lipinski definition) is 1. The Morgan fingerprint density at radius 2 is 1.86 bits per heavy atom. The zero-order chi connectivity index (χ0) is 24.9. The van der Waals surface area contributed by atoms with Crippen molar-refractivity contribution in [3.05, 3.63) is 107 Å². The first-order chi connectivity index (χ1) is 17.6. The van der Waals surface area contributed by atoms with Crippen molar-refractivity contribution in [3.8, 4) is 11.3 Å². The number of amides is 1. The Kier molecular flexibility index (Phi) is 7.35. The first-order valence-electron chi connectivity index (χ1n) is 12.2. The minimum Gasteiger partial charge on any atom is -0.451 e. The number of hydrogen-bond acceptors (Lipinski definition) is 5. The van der Waals surface area contributed by atoms with Crippen LogP contribution in [0.3, 0.4) is 0 Å². The molecule has 1 saturated heterocycles. The van der Waals surface area contributed by atoms with Crippen LogP contribution in [0.2, 0.25) is 5.02 Å². The van der Waals surface area contributed by atoms with Crippen molar-refractivity contribution in [1.29, 1.82) is 0 Å². The number of carbonyl (C=O) groups excluding carboxylic acids is 1. The van der Waals surface area contributed by atoms with Gasteiger partial charge < -0.3 is 19.5 Å². The van der Waals surface area contributed by atoms with E-state index in [1.807, 2.05) is 48.5 Å². The van der Waals surface area contributed by atoms with Crippen molar-refractivity contribution in [1.82, 2.24) is 15.2 Å². The third-order valence-corrected chi connectivity index (χ3v) is 6.64.